The van der Waals surface area contributed by atoms with Gasteiger partial charge in [0, 0.05) is 36.7 Å². The van der Waals surface area contributed by atoms with Gasteiger partial charge < -0.3 is 9.64 Å². The van der Waals surface area contributed by atoms with Crippen molar-refractivity contribution in [3.63, 3.8) is 0 Å². The van der Waals surface area contributed by atoms with E-state index < -0.39 is 0 Å². The van der Waals surface area contributed by atoms with Crippen molar-refractivity contribution < 1.29 is 9.53 Å². The van der Waals surface area contributed by atoms with E-state index in [2.05, 4.69) is 39.8 Å². The molecule has 134 valence electrons. The summed E-state index contributed by atoms with van der Waals surface area (Å²) in [6.45, 7) is 2.30. The highest BCUT2D eigenvalue weighted by Crippen LogP contribution is 2.47. The molecule has 1 amide bonds. The highest BCUT2D eigenvalue weighted by Gasteiger charge is 2.47. The Hall–Kier alpha value is -1.56. The van der Waals surface area contributed by atoms with Crippen LogP contribution in [0, 0.1) is 5.92 Å². The Morgan fingerprint density at radius 3 is 2.80 bits per heavy atom. The third-order valence-electron chi connectivity index (χ3n) is 6.29. The van der Waals surface area contributed by atoms with Crippen LogP contribution in [0.25, 0.3) is 10.9 Å². The predicted molar refractivity (Wildman–Crippen MR) is 101 cm³/mol. The summed E-state index contributed by atoms with van der Waals surface area (Å²) in [5.41, 5.74) is 1.03. The van der Waals surface area contributed by atoms with Gasteiger partial charge in [-0.1, -0.05) is 6.92 Å². The van der Waals surface area contributed by atoms with Gasteiger partial charge in [0.1, 0.15) is 5.75 Å². The average molecular weight is 406 g/mol. The minimum absolute atomic E-state index is 0.0752. The normalized spacial score (nSPS) is 29.8. The molecule has 1 spiro atoms. The standard InChI is InChI=1S/C19H24BrN3O2/c1-12-10-19(7-5-18(24)22(19)2)6-4-16(12)23-11-13-8-14(20)17(25-3)9-15(13)21-23/h8-9,11-12,16H,4-7,10H2,1-3H3/t12-,16-,19+/m1/s1. The molecule has 1 saturated carbocycles. The number of methoxy groups -OCH3 is 1. The number of benzene rings is 1. The minimum atomic E-state index is 0.0752. The number of nitrogens with zero attached hydrogens (tertiary/aromatic N) is 3. The maximum absolute atomic E-state index is 12.0. The Kier molecular flexibility index (Phi) is 4.06. The summed E-state index contributed by atoms with van der Waals surface area (Å²) in [6, 6.07) is 4.43. The minimum Gasteiger partial charge on any atom is -0.495 e. The molecule has 1 aliphatic carbocycles. The zero-order valence-corrected chi connectivity index (χ0v) is 16.5. The van der Waals surface area contributed by atoms with E-state index in [4.69, 9.17) is 9.84 Å². The second-order valence-corrected chi connectivity index (χ2v) is 8.47. The van der Waals surface area contributed by atoms with Gasteiger partial charge in [-0.2, -0.15) is 5.10 Å². The number of hydrogen-bond acceptors (Lipinski definition) is 3. The van der Waals surface area contributed by atoms with Crippen molar-refractivity contribution in [3.05, 3.63) is 22.8 Å². The van der Waals surface area contributed by atoms with Gasteiger partial charge in [0.15, 0.2) is 0 Å². The number of rotatable bonds is 2. The highest BCUT2D eigenvalue weighted by molar-refractivity contribution is 9.10. The molecule has 0 bridgehead atoms. The first-order valence-electron chi connectivity index (χ1n) is 8.92. The van der Waals surface area contributed by atoms with Gasteiger partial charge >= 0.3 is 0 Å². The maximum atomic E-state index is 12.0. The highest BCUT2D eigenvalue weighted by atomic mass is 79.9. The fourth-order valence-electron chi connectivity index (χ4n) is 4.77. The van der Waals surface area contributed by atoms with E-state index in [-0.39, 0.29) is 5.54 Å². The Morgan fingerprint density at radius 1 is 1.36 bits per heavy atom. The number of hydrogen-bond donors (Lipinski definition) is 0. The number of amides is 1. The molecule has 2 fully saturated rings. The third-order valence-corrected chi connectivity index (χ3v) is 6.91. The van der Waals surface area contributed by atoms with Gasteiger partial charge in [-0.15, -0.1) is 0 Å². The number of aromatic nitrogens is 2. The molecule has 25 heavy (non-hydrogen) atoms. The smallest absolute Gasteiger partial charge is 0.222 e. The van der Waals surface area contributed by atoms with Gasteiger partial charge in [-0.25, -0.2) is 0 Å². The fourth-order valence-corrected chi connectivity index (χ4v) is 5.30. The zero-order chi connectivity index (χ0) is 17.8. The van der Waals surface area contributed by atoms with Gasteiger partial charge in [0.05, 0.1) is 23.1 Å². The average Bonchev–Trinajstić information content (AvgIpc) is 3.10. The van der Waals surface area contributed by atoms with E-state index >= 15 is 0 Å². The first-order valence-corrected chi connectivity index (χ1v) is 9.72. The topological polar surface area (TPSA) is 47.4 Å². The second kappa shape index (κ2) is 6.01. The molecule has 1 aromatic heterocycles. The summed E-state index contributed by atoms with van der Waals surface area (Å²) in [5, 5.41) is 5.94. The lowest BCUT2D eigenvalue weighted by atomic mass is 9.72. The van der Waals surface area contributed by atoms with Crippen molar-refractivity contribution in [1.82, 2.24) is 14.7 Å². The number of carbonyl (C=O) groups excluding carboxylic acids is 1. The molecule has 6 heteroatoms. The summed E-state index contributed by atoms with van der Waals surface area (Å²) in [4.78, 5) is 14.0. The van der Waals surface area contributed by atoms with Crippen LogP contribution in [0.5, 0.6) is 5.75 Å². The molecule has 2 aromatic rings. The lowest BCUT2D eigenvalue weighted by Gasteiger charge is -2.45. The van der Waals surface area contributed by atoms with Crippen molar-refractivity contribution in [2.24, 2.45) is 5.92 Å². The lowest BCUT2D eigenvalue weighted by molar-refractivity contribution is -0.131. The monoisotopic (exact) mass is 405 g/mol. The fraction of sp³-hybridized carbons (Fsp3) is 0.579. The van der Waals surface area contributed by atoms with Gasteiger partial charge in [-0.05, 0) is 53.6 Å². The van der Waals surface area contributed by atoms with Crippen LogP contribution in [0.4, 0.5) is 0 Å². The van der Waals surface area contributed by atoms with Crippen LogP contribution >= 0.6 is 15.9 Å². The van der Waals surface area contributed by atoms with E-state index in [0.29, 0.717) is 24.3 Å². The molecule has 1 aromatic carbocycles. The van der Waals surface area contributed by atoms with Gasteiger partial charge in [0.25, 0.3) is 0 Å². The summed E-state index contributed by atoms with van der Waals surface area (Å²) in [7, 11) is 3.65. The van der Waals surface area contributed by atoms with E-state index in [1.807, 2.05) is 18.0 Å². The van der Waals surface area contributed by atoms with Gasteiger partial charge in [-0.3, -0.25) is 9.48 Å². The number of carbonyl (C=O) groups is 1. The largest absolute Gasteiger partial charge is 0.495 e. The van der Waals surface area contributed by atoms with E-state index in [1.165, 1.54) is 0 Å². The molecule has 5 nitrogen and oxygen atoms in total. The quantitative estimate of drug-likeness (QED) is 0.753. The van der Waals surface area contributed by atoms with Crippen LogP contribution in [0.1, 0.15) is 45.1 Å². The number of ether oxygens (including phenoxy) is 1. The van der Waals surface area contributed by atoms with Crippen LogP contribution in [0.2, 0.25) is 0 Å². The van der Waals surface area contributed by atoms with Crippen LogP contribution in [-0.2, 0) is 4.79 Å². The molecule has 2 heterocycles. The van der Waals surface area contributed by atoms with Crippen molar-refractivity contribution >= 4 is 32.7 Å². The number of likely N-dealkylation sites (tertiary alicyclic amines) is 1. The SMILES string of the molecule is COc1cc2nn([C@@H]3CC[C@]4(CCC(=O)N4C)C[C@H]3C)cc2cc1Br. The van der Waals surface area contributed by atoms with E-state index in [9.17, 15) is 4.79 Å². The van der Waals surface area contributed by atoms with Crippen LogP contribution in [0.15, 0.2) is 22.8 Å². The summed E-state index contributed by atoms with van der Waals surface area (Å²) >= 11 is 3.55. The molecular weight excluding hydrogens is 382 g/mol. The van der Waals surface area contributed by atoms with Crippen molar-refractivity contribution in [2.45, 2.75) is 50.6 Å². The molecule has 1 aliphatic heterocycles. The van der Waals surface area contributed by atoms with Crippen LogP contribution in [-0.4, -0.2) is 40.3 Å². The molecule has 0 N–H and O–H groups in total. The van der Waals surface area contributed by atoms with E-state index in [0.717, 1.165) is 46.8 Å². The summed E-state index contributed by atoms with van der Waals surface area (Å²) in [5.74, 6) is 1.59. The molecule has 0 unspecified atom stereocenters. The van der Waals surface area contributed by atoms with Crippen LogP contribution in [0.3, 0.4) is 0 Å². The van der Waals surface area contributed by atoms with Crippen LogP contribution < -0.4 is 4.74 Å². The lowest BCUT2D eigenvalue weighted by Crippen LogP contribution is -2.48. The van der Waals surface area contributed by atoms with Gasteiger partial charge in [0.2, 0.25) is 5.91 Å². The number of halogens is 1. The molecular formula is C19H24BrN3O2. The van der Waals surface area contributed by atoms with Crippen molar-refractivity contribution in [3.8, 4) is 5.75 Å². The molecule has 3 atom stereocenters. The Bertz CT molecular complexity index is 833. The Labute approximate surface area is 156 Å². The first kappa shape index (κ1) is 16.9. The van der Waals surface area contributed by atoms with Crippen molar-refractivity contribution in [2.75, 3.05) is 14.2 Å². The molecule has 0 radical (unpaired) electrons. The second-order valence-electron chi connectivity index (χ2n) is 7.62. The third kappa shape index (κ3) is 2.65. The predicted octanol–water partition coefficient (Wildman–Crippen LogP) is 4.16. The summed E-state index contributed by atoms with van der Waals surface area (Å²) < 4.78 is 8.46. The molecule has 1 saturated heterocycles. The Morgan fingerprint density at radius 2 is 2.16 bits per heavy atom. The zero-order valence-electron chi connectivity index (χ0n) is 15.0. The van der Waals surface area contributed by atoms with Crippen molar-refractivity contribution in [1.29, 1.82) is 0 Å². The first-order chi connectivity index (χ1) is 11.9. The molecule has 2 aliphatic rings. The maximum Gasteiger partial charge on any atom is 0.222 e. The summed E-state index contributed by atoms with van der Waals surface area (Å²) in [6.07, 6.45) is 7.03. The Balaban J connectivity index is 1.61. The number of fused-ring (bicyclic) bond motifs is 1. The van der Waals surface area contributed by atoms with E-state index in [1.54, 1.807) is 7.11 Å². The molecule has 4 rings (SSSR count).